The second kappa shape index (κ2) is 7.09. The van der Waals surface area contributed by atoms with Crippen molar-refractivity contribution in [1.29, 1.82) is 0 Å². The summed E-state index contributed by atoms with van der Waals surface area (Å²) < 4.78 is 6.33. The molecule has 0 radical (unpaired) electrons. The zero-order valence-corrected chi connectivity index (χ0v) is 13.7. The maximum Gasteiger partial charge on any atom is 0.267 e. The van der Waals surface area contributed by atoms with E-state index in [2.05, 4.69) is 10.4 Å². The minimum Gasteiger partial charge on any atom is -0.497 e. The third-order valence-electron chi connectivity index (χ3n) is 3.39. The quantitative estimate of drug-likeness (QED) is 0.916. The second-order valence-electron chi connectivity index (χ2n) is 5.57. The zero-order valence-electron chi connectivity index (χ0n) is 13.7. The SMILES string of the molecule is COc1ccc(-c2ccc(=O)n(C(C)C(=O)NC(C)C)n2)cc1. The Morgan fingerprint density at radius 3 is 2.35 bits per heavy atom. The lowest BCUT2D eigenvalue weighted by atomic mass is 10.1. The van der Waals surface area contributed by atoms with E-state index in [0.29, 0.717) is 5.69 Å². The molecule has 2 rings (SSSR count). The summed E-state index contributed by atoms with van der Waals surface area (Å²) in [5.74, 6) is 0.508. The summed E-state index contributed by atoms with van der Waals surface area (Å²) in [6.07, 6.45) is 0. The predicted octanol–water partition coefficient (Wildman–Crippen LogP) is 2.00. The Labute approximate surface area is 135 Å². The van der Waals surface area contributed by atoms with Gasteiger partial charge in [0.2, 0.25) is 5.91 Å². The van der Waals surface area contributed by atoms with Crippen LogP contribution in [0.3, 0.4) is 0 Å². The molecule has 2 aromatic rings. The first kappa shape index (κ1) is 16.7. The number of rotatable bonds is 5. The van der Waals surface area contributed by atoms with Crippen molar-refractivity contribution in [2.24, 2.45) is 0 Å². The maximum absolute atomic E-state index is 12.1. The van der Waals surface area contributed by atoms with Crippen molar-refractivity contribution in [2.75, 3.05) is 7.11 Å². The Kier molecular flexibility index (Phi) is 5.16. The van der Waals surface area contributed by atoms with Crippen LogP contribution in [0.2, 0.25) is 0 Å². The normalized spacial score (nSPS) is 12.0. The summed E-state index contributed by atoms with van der Waals surface area (Å²) in [6, 6.07) is 9.75. The van der Waals surface area contributed by atoms with E-state index < -0.39 is 6.04 Å². The van der Waals surface area contributed by atoms with Crippen molar-refractivity contribution in [1.82, 2.24) is 15.1 Å². The van der Waals surface area contributed by atoms with Gasteiger partial charge in [0.05, 0.1) is 12.8 Å². The van der Waals surface area contributed by atoms with Gasteiger partial charge in [0.1, 0.15) is 11.8 Å². The van der Waals surface area contributed by atoms with E-state index in [4.69, 9.17) is 4.74 Å². The minimum absolute atomic E-state index is 0.00502. The molecule has 1 N–H and O–H groups in total. The number of nitrogens with one attached hydrogen (secondary N) is 1. The van der Waals surface area contributed by atoms with Gasteiger partial charge in [-0.1, -0.05) is 0 Å². The van der Waals surface area contributed by atoms with Crippen molar-refractivity contribution in [3.8, 4) is 17.0 Å². The second-order valence-corrected chi connectivity index (χ2v) is 5.57. The van der Waals surface area contributed by atoms with Crippen molar-refractivity contribution in [3.05, 3.63) is 46.8 Å². The van der Waals surface area contributed by atoms with Crippen LogP contribution in [0.4, 0.5) is 0 Å². The summed E-state index contributed by atoms with van der Waals surface area (Å²) in [6.45, 7) is 5.40. The van der Waals surface area contributed by atoms with Crippen LogP contribution in [0.25, 0.3) is 11.3 Å². The molecule has 0 aliphatic rings. The number of hydrogen-bond acceptors (Lipinski definition) is 4. The van der Waals surface area contributed by atoms with E-state index in [1.807, 2.05) is 38.1 Å². The number of nitrogens with zero attached hydrogens (tertiary/aromatic N) is 2. The van der Waals surface area contributed by atoms with Crippen molar-refractivity contribution in [2.45, 2.75) is 32.9 Å². The highest BCUT2D eigenvalue weighted by atomic mass is 16.5. The van der Waals surface area contributed by atoms with Crippen LogP contribution in [-0.4, -0.2) is 28.8 Å². The van der Waals surface area contributed by atoms with Gasteiger partial charge >= 0.3 is 0 Å². The highest BCUT2D eigenvalue weighted by molar-refractivity contribution is 5.80. The molecule has 0 bridgehead atoms. The van der Waals surface area contributed by atoms with Crippen molar-refractivity contribution >= 4 is 5.91 Å². The molecule has 6 heteroatoms. The molecule has 0 saturated carbocycles. The zero-order chi connectivity index (χ0) is 17.0. The third kappa shape index (κ3) is 3.97. The minimum atomic E-state index is -0.678. The summed E-state index contributed by atoms with van der Waals surface area (Å²) in [5.41, 5.74) is 1.15. The van der Waals surface area contributed by atoms with E-state index in [-0.39, 0.29) is 17.5 Å². The lowest BCUT2D eigenvalue weighted by Crippen LogP contribution is -2.39. The van der Waals surface area contributed by atoms with Crippen LogP contribution in [0.5, 0.6) is 5.75 Å². The van der Waals surface area contributed by atoms with Gasteiger partial charge in [-0.25, -0.2) is 4.68 Å². The average Bonchev–Trinajstić information content (AvgIpc) is 2.54. The molecule has 0 aliphatic heterocycles. The number of carbonyl (C=O) groups is 1. The molecule has 6 nitrogen and oxygen atoms in total. The smallest absolute Gasteiger partial charge is 0.267 e. The van der Waals surface area contributed by atoms with E-state index in [0.717, 1.165) is 11.3 Å². The lowest BCUT2D eigenvalue weighted by Gasteiger charge is -2.16. The Balaban J connectivity index is 2.34. The number of ether oxygens (including phenoxy) is 1. The maximum atomic E-state index is 12.1. The van der Waals surface area contributed by atoms with Crippen molar-refractivity contribution < 1.29 is 9.53 Å². The fourth-order valence-electron chi connectivity index (χ4n) is 2.13. The van der Waals surface area contributed by atoms with Crippen molar-refractivity contribution in [3.63, 3.8) is 0 Å². The van der Waals surface area contributed by atoms with Crippen LogP contribution in [0.1, 0.15) is 26.8 Å². The molecular weight excluding hydrogens is 294 g/mol. The topological polar surface area (TPSA) is 73.2 Å². The fraction of sp³-hybridized carbons (Fsp3) is 0.353. The monoisotopic (exact) mass is 315 g/mol. The first-order valence-corrected chi connectivity index (χ1v) is 7.47. The van der Waals surface area contributed by atoms with E-state index in [1.165, 1.54) is 10.7 Å². The molecule has 0 fully saturated rings. The Hall–Kier alpha value is -2.63. The molecule has 23 heavy (non-hydrogen) atoms. The van der Waals surface area contributed by atoms with Crippen LogP contribution in [0, 0.1) is 0 Å². The molecule has 122 valence electrons. The van der Waals surface area contributed by atoms with Crippen LogP contribution in [-0.2, 0) is 4.79 Å². The lowest BCUT2D eigenvalue weighted by molar-refractivity contribution is -0.124. The van der Waals surface area contributed by atoms with Crippen LogP contribution in [0.15, 0.2) is 41.2 Å². The van der Waals surface area contributed by atoms with Gasteiger partial charge in [0.25, 0.3) is 5.56 Å². The molecule has 1 unspecified atom stereocenters. The molecule has 1 amide bonds. The highest BCUT2D eigenvalue weighted by Gasteiger charge is 2.18. The van der Waals surface area contributed by atoms with Gasteiger partial charge < -0.3 is 10.1 Å². The average molecular weight is 315 g/mol. The molecule has 1 aromatic heterocycles. The number of amides is 1. The largest absolute Gasteiger partial charge is 0.497 e. The number of methoxy groups -OCH3 is 1. The van der Waals surface area contributed by atoms with Gasteiger partial charge in [0.15, 0.2) is 0 Å². The van der Waals surface area contributed by atoms with Gasteiger partial charge in [-0.05, 0) is 51.1 Å². The van der Waals surface area contributed by atoms with E-state index in [9.17, 15) is 9.59 Å². The van der Waals surface area contributed by atoms with Crippen LogP contribution < -0.4 is 15.6 Å². The summed E-state index contributed by atoms with van der Waals surface area (Å²) in [7, 11) is 1.60. The summed E-state index contributed by atoms with van der Waals surface area (Å²) in [5, 5.41) is 7.12. The van der Waals surface area contributed by atoms with Gasteiger partial charge in [0, 0.05) is 17.7 Å². The summed E-state index contributed by atoms with van der Waals surface area (Å²) in [4.78, 5) is 24.1. The molecular formula is C17H21N3O3. The molecule has 1 aromatic carbocycles. The Bertz CT molecular complexity index is 735. The number of aromatic nitrogens is 2. The number of benzene rings is 1. The van der Waals surface area contributed by atoms with E-state index >= 15 is 0 Å². The first-order valence-electron chi connectivity index (χ1n) is 7.47. The Morgan fingerprint density at radius 1 is 1.13 bits per heavy atom. The first-order chi connectivity index (χ1) is 10.9. The van der Waals surface area contributed by atoms with Gasteiger partial charge in [-0.15, -0.1) is 0 Å². The molecule has 1 atom stereocenters. The molecule has 1 heterocycles. The van der Waals surface area contributed by atoms with Gasteiger partial charge in [-0.2, -0.15) is 5.10 Å². The highest BCUT2D eigenvalue weighted by Crippen LogP contribution is 2.20. The summed E-state index contributed by atoms with van der Waals surface area (Å²) >= 11 is 0. The molecule has 0 spiro atoms. The predicted molar refractivity (Wildman–Crippen MR) is 88.5 cm³/mol. The Morgan fingerprint density at radius 2 is 1.78 bits per heavy atom. The van der Waals surface area contributed by atoms with Gasteiger partial charge in [-0.3, -0.25) is 9.59 Å². The van der Waals surface area contributed by atoms with Crippen LogP contribution >= 0.6 is 0 Å². The number of carbonyl (C=O) groups excluding carboxylic acids is 1. The molecule has 0 saturated heterocycles. The standard InChI is InChI=1S/C17H21N3O3/c1-11(2)18-17(22)12(3)20-16(21)10-9-15(19-20)13-5-7-14(23-4)8-6-13/h5-12H,1-4H3,(H,18,22). The van der Waals surface area contributed by atoms with E-state index in [1.54, 1.807) is 20.1 Å². The molecule has 0 aliphatic carbocycles. The fourth-order valence-corrected chi connectivity index (χ4v) is 2.13. The third-order valence-corrected chi connectivity index (χ3v) is 3.39. The number of hydrogen-bond donors (Lipinski definition) is 1.